The fourth-order valence-corrected chi connectivity index (χ4v) is 1.81. The van der Waals surface area contributed by atoms with Crippen LogP contribution in [0.15, 0.2) is 0 Å². The predicted molar refractivity (Wildman–Crippen MR) is 48.5 cm³/mol. The number of hydrogen-bond acceptors (Lipinski definition) is 2. The van der Waals surface area contributed by atoms with Crippen LogP contribution in [0.2, 0.25) is 0 Å². The number of carbonyl (C=O) groups is 1. The van der Waals surface area contributed by atoms with E-state index in [2.05, 4.69) is 5.32 Å². The molecule has 0 aromatic heterocycles. The molecule has 1 aliphatic rings. The summed E-state index contributed by atoms with van der Waals surface area (Å²) in [6.07, 6.45) is 3.94. The molecular weight excluding hydrogens is 170 g/mol. The lowest BCUT2D eigenvalue weighted by molar-refractivity contribution is -0.145. The summed E-state index contributed by atoms with van der Waals surface area (Å²) in [5.41, 5.74) is 4.17. The van der Waals surface area contributed by atoms with Crippen LogP contribution in [0.4, 0.5) is 0 Å². The van der Waals surface area contributed by atoms with Gasteiger partial charge in [0, 0.05) is 0 Å². The summed E-state index contributed by atoms with van der Waals surface area (Å²) in [7, 11) is 0. The summed E-state index contributed by atoms with van der Waals surface area (Å²) in [6.45, 7) is 0. The number of guanidine groups is 1. The molecule has 0 aromatic carbocycles. The molecule has 1 fully saturated rings. The van der Waals surface area contributed by atoms with Crippen LogP contribution in [0, 0.1) is 5.41 Å². The molecule has 0 spiro atoms. The SMILES string of the molecule is N=C(N)NC1(C(=O)O)CCCCC1. The van der Waals surface area contributed by atoms with Crippen LogP contribution in [0.25, 0.3) is 0 Å². The highest BCUT2D eigenvalue weighted by atomic mass is 16.4. The van der Waals surface area contributed by atoms with E-state index in [9.17, 15) is 4.79 Å². The summed E-state index contributed by atoms with van der Waals surface area (Å²) < 4.78 is 0. The topological polar surface area (TPSA) is 99.2 Å². The number of nitrogens with two attached hydrogens (primary N) is 1. The second kappa shape index (κ2) is 3.64. The third-order valence-corrected chi connectivity index (χ3v) is 2.49. The molecule has 5 heteroatoms. The number of rotatable bonds is 2. The molecule has 1 saturated carbocycles. The Kier molecular flexibility index (Phi) is 2.75. The Hall–Kier alpha value is -1.26. The van der Waals surface area contributed by atoms with Crippen LogP contribution in [-0.2, 0) is 4.79 Å². The van der Waals surface area contributed by atoms with Crippen LogP contribution in [0.5, 0.6) is 0 Å². The molecule has 1 rings (SSSR count). The van der Waals surface area contributed by atoms with Crippen molar-refractivity contribution in [2.75, 3.05) is 0 Å². The minimum atomic E-state index is -0.982. The highest BCUT2D eigenvalue weighted by Gasteiger charge is 2.39. The summed E-state index contributed by atoms with van der Waals surface area (Å²) in [4.78, 5) is 11.0. The van der Waals surface area contributed by atoms with Gasteiger partial charge in [0.2, 0.25) is 0 Å². The minimum absolute atomic E-state index is 0.260. The maximum absolute atomic E-state index is 11.0. The van der Waals surface area contributed by atoms with Crippen molar-refractivity contribution in [3.8, 4) is 0 Å². The van der Waals surface area contributed by atoms with Gasteiger partial charge < -0.3 is 16.2 Å². The van der Waals surface area contributed by atoms with E-state index in [0.717, 1.165) is 19.3 Å². The average Bonchev–Trinajstić information content (AvgIpc) is 2.04. The van der Waals surface area contributed by atoms with Gasteiger partial charge in [-0.05, 0) is 12.8 Å². The van der Waals surface area contributed by atoms with E-state index < -0.39 is 11.5 Å². The molecule has 0 radical (unpaired) electrons. The van der Waals surface area contributed by atoms with Crippen molar-refractivity contribution in [3.63, 3.8) is 0 Å². The van der Waals surface area contributed by atoms with Crippen molar-refractivity contribution in [1.29, 1.82) is 5.41 Å². The molecular formula is C8H15N3O2. The summed E-state index contributed by atoms with van der Waals surface area (Å²) >= 11 is 0. The largest absolute Gasteiger partial charge is 0.480 e. The fraction of sp³-hybridized carbons (Fsp3) is 0.750. The van der Waals surface area contributed by atoms with Crippen molar-refractivity contribution in [1.82, 2.24) is 5.32 Å². The molecule has 5 N–H and O–H groups in total. The molecule has 13 heavy (non-hydrogen) atoms. The first-order chi connectivity index (χ1) is 6.07. The lowest BCUT2D eigenvalue weighted by Crippen LogP contribution is -2.57. The van der Waals surface area contributed by atoms with Gasteiger partial charge in [-0.15, -0.1) is 0 Å². The molecule has 1 aliphatic carbocycles. The monoisotopic (exact) mass is 185 g/mol. The lowest BCUT2D eigenvalue weighted by atomic mass is 9.82. The summed E-state index contributed by atoms with van der Waals surface area (Å²) in [5.74, 6) is -1.16. The Balaban J connectivity index is 2.73. The zero-order chi connectivity index (χ0) is 9.90. The molecule has 0 aliphatic heterocycles. The quantitative estimate of drug-likeness (QED) is 0.366. The van der Waals surface area contributed by atoms with Gasteiger partial charge in [-0.1, -0.05) is 19.3 Å². The Morgan fingerprint density at radius 1 is 1.38 bits per heavy atom. The molecule has 0 bridgehead atoms. The highest BCUT2D eigenvalue weighted by molar-refractivity contribution is 5.86. The van der Waals surface area contributed by atoms with Gasteiger partial charge in [0.25, 0.3) is 0 Å². The number of carboxylic acids is 1. The van der Waals surface area contributed by atoms with E-state index in [1.807, 2.05) is 0 Å². The molecule has 5 nitrogen and oxygen atoms in total. The lowest BCUT2D eigenvalue weighted by Gasteiger charge is -2.33. The Labute approximate surface area is 76.8 Å². The maximum Gasteiger partial charge on any atom is 0.329 e. The van der Waals surface area contributed by atoms with Gasteiger partial charge in [0.15, 0.2) is 5.96 Å². The van der Waals surface area contributed by atoms with Gasteiger partial charge in [0.05, 0.1) is 0 Å². The first kappa shape index (κ1) is 9.83. The molecule has 0 atom stereocenters. The molecule has 0 heterocycles. The third-order valence-electron chi connectivity index (χ3n) is 2.49. The smallest absolute Gasteiger partial charge is 0.329 e. The summed E-state index contributed by atoms with van der Waals surface area (Å²) in [6, 6.07) is 0. The molecule has 0 saturated heterocycles. The van der Waals surface area contributed by atoms with Gasteiger partial charge in [-0.2, -0.15) is 0 Å². The van der Waals surface area contributed by atoms with Crippen LogP contribution < -0.4 is 11.1 Å². The predicted octanol–water partition coefficient (Wildman–Crippen LogP) is 0.257. The second-order valence-corrected chi connectivity index (χ2v) is 3.49. The van der Waals surface area contributed by atoms with E-state index in [0.29, 0.717) is 12.8 Å². The van der Waals surface area contributed by atoms with Gasteiger partial charge in [-0.25, -0.2) is 4.79 Å². The third kappa shape index (κ3) is 2.11. The van der Waals surface area contributed by atoms with Gasteiger partial charge >= 0.3 is 5.97 Å². The van der Waals surface area contributed by atoms with Crippen LogP contribution >= 0.6 is 0 Å². The van der Waals surface area contributed by atoms with Crippen molar-refractivity contribution in [3.05, 3.63) is 0 Å². The van der Waals surface area contributed by atoms with Crippen LogP contribution in [0.3, 0.4) is 0 Å². The molecule has 74 valence electrons. The van der Waals surface area contributed by atoms with Crippen molar-refractivity contribution in [2.24, 2.45) is 5.73 Å². The van der Waals surface area contributed by atoms with E-state index in [4.69, 9.17) is 16.2 Å². The number of hydrogen-bond donors (Lipinski definition) is 4. The maximum atomic E-state index is 11.0. The molecule has 0 amide bonds. The summed E-state index contributed by atoms with van der Waals surface area (Å²) in [5, 5.41) is 18.6. The van der Waals surface area contributed by atoms with Gasteiger partial charge in [-0.3, -0.25) is 5.41 Å². The van der Waals surface area contributed by atoms with Crippen LogP contribution in [-0.4, -0.2) is 22.6 Å². The zero-order valence-electron chi connectivity index (χ0n) is 7.47. The van der Waals surface area contributed by atoms with Gasteiger partial charge in [0.1, 0.15) is 5.54 Å². The van der Waals surface area contributed by atoms with E-state index >= 15 is 0 Å². The molecule has 0 unspecified atom stereocenters. The number of aliphatic carboxylic acids is 1. The Morgan fingerprint density at radius 2 is 1.92 bits per heavy atom. The average molecular weight is 185 g/mol. The first-order valence-corrected chi connectivity index (χ1v) is 4.42. The van der Waals surface area contributed by atoms with E-state index in [1.54, 1.807) is 0 Å². The standard InChI is InChI=1S/C8H15N3O2/c9-7(10)11-8(6(12)13)4-2-1-3-5-8/h1-5H2,(H,12,13)(H4,9,10,11). The Bertz CT molecular complexity index is 221. The van der Waals surface area contributed by atoms with Crippen molar-refractivity contribution >= 4 is 11.9 Å². The Morgan fingerprint density at radius 3 is 2.31 bits per heavy atom. The zero-order valence-corrected chi connectivity index (χ0v) is 7.47. The minimum Gasteiger partial charge on any atom is -0.480 e. The first-order valence-electron chi connectivity index (χ1n) is 4.42. The molecule has 0 aromatic rings. The second-order valence-electron chi connectivity index (χ2n) is 3.49. The van der Waals surface area contributed by atoms with Crippen molar-refractivity contribution in [2.45, 2.75) is 37.6 Å². The highest BCUT2D eigenvalue weighted by Crippen LogP contribution is 2.28. The normalized spacial score (nSPS) is 20.6. The fourth-order valence-electron chi connectivity index (χ4n) is 1.81. The number of nitrogens with one attached hydrogen (secondary N) is 2. The van der Waals surface area contributed by atoms with Crippen LogP contribution in [0.1, 0.15) is 32.1 Å². The van der Waals surface area contributed by atoms with E-state index in [-0.39, 0.29) is 5.96 Å². The number of carboxylic acid groups (broad SMARTS) is 1. The van der Waals surface area contributed by atoms with Crippen molar-refractivity contribution < 1.29 is 9.90 Å². The van der Waals surface area contributed by atoms with E-state index in [1.165, 1.54) is 0 Å².